The molecule has 1 aliphatic rings. The monoisotopic (exact) mass is 434 g/mol. The van der Waals surface area contributed by atoms with Gasteiger partial charge in [0.1, 0.15) is 0 Å². The van der Waals surface area contributed by atoms with Crippen molar-refractivity contribution in [2.75, 3.05) is 37.6 Å². The Morgan fingerprint density at radius 2 is 1.44 bits per heavy atom. The van der Waals surface area contributed by atoms with Crippen molar-refractivity contribution in [3.63, 3.8) is 0 Å². The van der Waals surface area contributed by atoms with Crippen LogP contribution in [0.1, 0.15) is 28.7 Å². The quantitative estimate of drug-likeness (QED) is 0.499. The van der Waals surface area contributed by atoms with Gasteiger partial charge in [-0.25, -0.2) is 9.97 Å². The van der Waals surface area contributed by atoms with Gasteiger partial charge in [0, 0.05) is 51.0 Å². The fraction of sp³-hybridized carbons (Fsp3) is 0.360. The van der Waals surface area contributed by atoms with Crippen LogP contribution in [-0.4, -0.2) is 69.0 Å². The van der Waals surface area contributed by atoms with E-state index in [-0.39, 0.29) is 6.61 Å². The molecule has 3 aromatic rings. The molecular formula is C25H30N4O3. The summed E-state index contributed by atoms with van der Waals surface area (Å²) in [7, 11) is 0. The Bertz CT molecular complexity index is 948. The zero-order chi connectivity index (χ0) is 22.3. The first-order chi connectivity index (χ1) is 15.7. The lowest BCUT2D eigenvalue weighted by Crippen LogP contribution is -2.50. The minimum absolute atomic E-state index is 0.0406. The second-order valence-corrected chi connectivity index (χ2v) is 8.18. The average Bonchev–Trinajstić information content (AvgIpc) is 2.86. The lowest BCUT2D eigenvalue weighted by Gasteiger charge is -2.37. The number of rotatable bonds is 8. The fourth-order valence-corrected chi connectivity index (χ4v) is 4.28. The third-order valence-corrected chi connectivity index (χ3v) is 6.10. The summed E-state index contributed by atoms with van der Waals surface area (Å²) in [6.07, 6.45) is 1.89. The molecule has 0 aliphatic carbocycles. The van der Waals surface area contributed by atoms with Crippen molar-refractivity contribution in [3.05, 3.63) is 89.7 Å². The largest absolute Gasteiger partial charge is 0.392 e. The number of anilines is 1. The van der Waals surface area contributed by atoms with Crippen LogP contribution in [0.4, 0.5) is 5.95 Å². The lowest BCUT2D eigenvalue weighted by molar-refractivity contribution is 0.0279. The highest BCUT2D eigenvalue weighted by Crippen LogP contribution is 2.34. The van der Waals surface area contributed by atoms with E-state index in [2.05, 4.69) is 19.8 Å². The van der Waals surface area contributed by atoms with Crippen LogP contribution in [0.2, 0.25) is 0 Å². The molecule has 0 unspecified atom stereocenters. The summed E-state index contributed by atoms with van der Waals surface area (Å²) < 4.78 is 0. The minimum atomic E-state index is -0.862. The van der Waals surface area contributed by atoms with E-state index in [1.807, 2.05) is 48.5 Å². The number of aromatic nitrogens is 2. The van der Waals surface area contributed by atoms with Crippen molar-refractivity contribution in [2.24, 2.45) is 0 Å². The van der Waals surface area contributed by atoms with Gasteiger partial charge in [-0.1, -0.05) is 54.6 Å². The minimum Gasteiger partial charge on any atom is -0.392 e. The summed E-state index contributed by atoms with van der Waals surface area (Å²) in [5, 5.41) is 31.8. The Kier molecular flexibility index (Phi) is 7.44. The molecule has 32 heavy (non-hydrogen) atoms. The number of hydrogen-bond acceptors (Lipinski definition) is 7. The summed E-state index contributed by atoms with van der Waals surface area (Å²) in [5.74, 6) is 0.267. The zero-order valence-corrected chi connectivity index (χ0v) is 18.0. The normalized spacial score (nSPS) is 17.7. The Morgan fingerprint density at radius 1 is 0.781 bits per heavy atom. The number of hydrogen-bond donors (Lipinski definition) is 3. The van der Waals surface area contributed by atoms with E-state index in [4.69, 9.17) is 0 Å². The van der Waals surface area contributed by atoms with Crippen LogP contribution in [0.3, 0.4) is 0 Å². The number of nitrogens with zero attached hydrogens (tertiary/aromatic N) is 4. The molecule has 7 nitrogen and oxygen atoms in total. The Hall–Kier alpha value is -2.84. The first-order valence-electron chi connectivity index (χ1n) is 11.0. The molecule has 1 fully saturated rings. The van der Waals surface area contributed by atoms with Gasteiger partial charge in [-0.2, -0.15) is 0 Å². The van der Waals surface area contributed by atoms with E-state index in [1.54, 1.807) is 24.5 Å². The van der Waals surface area contributed by atoms with Crippen molar-refractivity contribution < 1.29 is 15.3 Å². The van der Waals surface area contributed by atoms with Crippen molar-refractivity contribution in [1.29, 1.82) is 0 Å². The third-order valence-electron chi connectivity index (χ3n) is 6.10. The van der Waals surface area contributed by atoms with E-state index >= 15 is 0 Å². The maximum atomic E-state index is 11.3. The Balaban J connectivity index is 1.45. The maximum Gasteiger partial charge on any atom is 0.225 e. The van der Waals surface area contributed by atoms with Crippen LogP contribution < -0.4 is 4.90 Å². The Morgan fingerprint density at radius 3 is 2.06 bits per heavy atom. The van der Waals surface area contributed by atoms with E-state index in [0.717, 1.165) is 48.8 Å². The van der Waals surface area contributed by atoms with Gasteiger partial charge in [0.15, 0.2) is 0 Å². The van der Waals surface area contributed by atoms with Crippen LogP contribution in [0.25, 0.3) is 0 Å². The van der Waals surface area contributed by atoms with Crippen LogP contribution in [0.5, 0.6) is 0 Å². The SMILES string of the molecule is OCc1ccc([C@H](O)[C@H](c2ccccc2)[C@H](O)CN2CCN(c3ncccn3)CC2)cc1. The molecule has 3 atom stereocenters. The van der Waals surface area contributed by atoms with Crippen LogP contribution >= 0.6 is 0 Å². The van der Waals surface area contributed by atoms with Crippen LogP contribution in [0, 0.1) is 0 Å². The molecule has 0 spiro atoms. The van der Waals surface area contributed by atoms with E-state index < -0.39 is 18.1 Å². The number of aliphatic hydroxyl groups excluding tert-OH is 3. The number of β-amino-alcohol motifs (C(OH)–C–C–N with tert-alkyl or cyclic N) is 1. The number of benzene rings is 2. The summed E-state index contributed by atoms with van der Waals surface area (Å²) in [4.78, 5) is 13.0. The van der Waals surface area contributed by atoms with Gasteiger partial charge < -0.3 is 20.2 Å². The van der Waals surface area contributed by atoms with Crippen molar-refractivity contribution in [1.82, 2.24) is 14.9 Å². The van der Waals surface area contributed by atoms with Crippen LogP contribution in [-0.2, 0) is 6.61 Å². The van der Waals surface area contributed by atoms with Gasteiger partial charge in [-0.15, -0.1) is 0 Å². The second-order valence-electron chi connectivity index (χ2n) is 8.18. The van der Waals surface area contributed by atoms with Gasteiger partial charge in [0.05, 0.1) is 18.8 Å². The van der Waals surface area contributed by atoms with Gasteiger partial charge >= 0.3 is 0 Å². The molecule has 0 saturated carbocycles. The average molecular weight is 435 g/mol. The smallest absolute Gasteiger partial charge is 0.225 e. The van der Waals surface area contributed by atoms with Crippen molar-refractivity contribution in [3.8, 4) is 0 Å². The first-order valence-corrected chi connectivity index (χ1v) is 11.0. The molecule has 0 amide bonds. The van der Waals surface area contributed by atoms with Crippen molar-refractivity contribution >= 4 is 5.95 Å². The molecule has 3 N–H and O–H groups in total. The second kappa shape index (κ2) is 10.7. The summed E-state index contributed by atoms with van der Waals surface area (Å²) >= 11 is 0. The highest BCUT2D eigenvalue weighted by atomic mass is 16.3. The van der Waals surface area contributed by atoms with Gasteiger partial charge in [-0.05, 0) is 22.8 Å². The van der Waals surface area contributed by atoms with E-state index in [1.165, 1.54) is 0 Å². The highest BCUT2D eigenvalue weighted by molar-refractivity contribution is 5.31. The first kappa shape index (κ1) is 22.4. The predicted octanol–water partition coefficient (Wildman–Crippen LogP) is 1.97. The van der Waals surface area contributed by atoms with E-state index in [9.17, 15) is 15.3 Å². The van der Waals surface area contributed by atoms with Crippen LogP contribution in [0.15, 0.2) is 73.1 Å². The molecule has 168 valence electrons. The number of aliphatic hydroxyl groups is 3. The van der Waals surface area contributed by atoms with Gasteiger partial charge in [0.25, 0.3) is 0 Å². The van der Waals surface area contributed by atoms with Gasteiger partial charge in [0.2, 0.25) is 5.95 Å². The van der Waals surface area contributed by atoms with Crippen molar-refractivity contribution in [2.45, 2.75) is 24.7 Å². The maximum absolute atomic E-state index is 11.3. The summed E-state index contributed by atoms with van der Waals surface area (Å²) in [5.41, 5.74) is 2.41. The molecule has 0 radical (unpaired) electrons. The number of piperazine rings is 1. The molecule has 2 aromatic carbocycles. The zero-order valence-electron chi connectivity index (χ0n) is 18.0. The molecule has 1 saturated heterocycles. The molecule has 0 bridgehead atoms. The topological polar surface area (TPSA) is 93.0 Å². The molecular weight excluding hydrogens is 404 g/mol. The predicted molar refractivity (Wildman–Crippen MR) is 123 cm³/mol. The molecule has 7 heteroatoms. The van der Waals surface area contributed by atoms with E-state index in [0.29, 0.717) is 6.54 Å². The Labute approximate surface area is 188 Å². The standard InChI is InChI=1S/C25H30N4O3/c30-18-19-7-9-21(10-8-19)24(32)23(20-5-2-1-3-6-20)22(31)17-28-13-15-29(16-14-28)25-26-11-4-12-27-25/h1-12,22-24,30-32H,13-18H2/t22-,23-,24+/m1/s1. The van der Waals surface area contributed by atoms with Gasteiger partial charge in [-0.3, -0.25) is 4.90 Å². The third kappa shape index (κ3) is 5.31. The lowest BCUT2D eigenvalue weighted by atomic mass is 9.84. The molecule has 4 rings (SSSR count). The summed E-state index contributed by atoms with van der Waals surface area (Å²) in [6.45, 7) is 3.59. The fourth-order valence-electron chi connectivity index (χ4n) is 4.28. The highest BCUT2D eigenvalue weighted by Gasteiger charge is 2.32. The molecule has 1 aromatic heterocycles. The molecule has 1 aliphatic heterocycles. The molecule has 2 heterocycles. The summed E-state index contributed by atoms with van der Waals surface area (Å²) in [6, 6.07) is 18.7.